The van der Waals surface area contributed by atoms with E-state index in [1.807, 2.05) is 6.07 Å². The van der Waals surface area contributed by atoms with E-state index in [9.17, 15) is 0 Å². The molecule has 0 saturated carbocycles. The maximum absolute atomic E-state index is 3.46. The Morgan fingerprint density at radius 1 is 0.765 bits per heavy atom. The van der Waals surface area contributed by atoms with Crippen LogP contribution in [0.2, 0.25) is 0 Å². The van der Waals surface area contributed by atoms with E-state index in [0.29, 0.717) is 0 Å². The average Bonchev–Trinajstić information content (AvgIpc) is 2.77. The van der Waals surface area contributed by atoms with E-state index in [2.05, 4.69) is 64.2 Å². The Morgan fingerprint density at radius 3 is 2.65 bits per heavy atom. The van der Waals surface area contributed by atoms with Crippen molar-refractivity contribution in [1.29, 1.82) is 0 Å². The van der Waals surface area contributed by atoms with Gasteiger partial charge in [0.15, 0.2) is 12.4 Å². The molecule has 4 aromatic rings. The number of nitrogens with one attached hydrogen (secondary N) is 1. The molecule has 0 fully saturated rings. The van der Waals surface area contributed by atoms with Gasteiger partial charge in [0.1, 0.15) is 0 Å². The fourth-order valence-electron chi connectivity index (χ4n) is 2.52. The van der Waals surface area contributed by atoms with Gasteiger partial charge in [-0.1, -0.05) is 18.2 Å². The maximum Gasteiger partial charge on any atom is 0.220 e. The van der Waals surface area contributed by atoms with Crippen LogP contribution in [0.1, 0.15) is 0 Å². The monoisotopic (exact) mass is 219 g/mol. The number of aromatic amines is 1. The number of hydrogen-bond donors (Lipinski definition) is 1. The first-order valence-electron chi connectivity index (χ1n) is 5.73. The van der Waals surface area contributed by atoms with Gasteiger partial charge in [-0.3, -0.25) is 0 Å². The van der Waals surface area contributed by atoms with Crippen LogP contribution < -0.4 is 4.40 Å². The van der Waals surface area contributed by atoms with Crippen molar-refractivity contribution >= 4 is 27.3 Å². The molecule has 1 N–H and O–H groups in total. The third kappa shape index (κ3) is 1.12. The third-order valence-corrected chi connectivity index (χ3v) is 3.28. The lowest BCUT2D eigenvalue weighted by Gasteiger charge is -1.93. The van der Waals surface area contributed by atoms with Crippen molar-refractivity contribution in [1.82, 2.24) is 4.98 Å². The largest absolute Gasteiger partial charge is 0.354 e. The van der Waals surface area contributed by atoms with Gasteiger partial charge in [-0.25, -0.2) is 0 Å². The van der Waals surface area contributed by atoms with Crippen LogP contribution in [0.3, 0.4) is 0 Å². The highest BCUT2D eigenvalue weighted by molar-refractivity contribution is 6.13. The molecule has 3 aromatic heterocycles. The minimum Gasteiger partial charge on any atom is -0.354 e. The first-order chi connectivity index (χ1) is 8.43. The van der Waals surface area contributed by atoms with Gasteiger partial charge in [0.25, 0.3) is 0 Å². The molecule has 80 valence electrons. The second-order valence-corrected chi connectivity index (χ2v) is 4.27. The molecule has 1 aromatic carbocycles. The summed E-state index contributed by atoms with van der Waals surface area (Å²) < 4.78 is 2.16. The van der Waals surface area contributed by atoms with Gasteiger partial charge in [-0.15, -0.1) is 0 Å². The Morgan fingerprint density at radius 2 is 1.65 bits per heavy atom. The van der Waals surface area contributed by atoms with Crippen molar-refractivity contribution in [2.24, 2.45) is 0 Å². The molecule has 0 aliphatic heterocycles. The molecule has 0 unspecified atom stereocenters. The first-order valence-corrected chi connectivity index (χ1v) is 5.73. The SMILES string of the molecule is c1ccc2c(c1)[nH]c1cc[n+]3ccccc3c12. The Hall–Kier alpha value is -2.35. The Labute approximate surface area is 98.1 Å². The lowest BCUT2D eigenvalue weighted by atomic mass is 10.1. The van der Waals surface area contributed by atoms with Crippen LogP contribution in [0, 0.1) is 0 Å². The zero-order valence-corrected chi connectivity index (χ0v) is 9.22. The van der Waals surface area contributed by atoms with Gasteiger partial charge in [0.05, 0.1) is 10.9 Å². The van der Waals surface area contributed by atoms with Gasteiger partial charge < -0.3 is 4.98 Å². The molecule has 0 saturated heterocycles. The summed E-state index contributed by atoms with van der Waals surface area (Å²) in [4.78, 5) is 3.46. The molecule has 4 rings (SSSR count). The number of hydrogen-bond acceptors (Lipinski definition) is 0. The summed E-state index contributed by atoms with van der Waals surface area (Å²) in [6, 6.07) is 16.8. The molecule has 0 amide bonds. The topological polar surface area (TPSA) is 19.9 Å². The van der Waals surface area contributed by atoms with Gasteiger partial charge in [0, 0.05) is 29.1 Å². The van der Waals surface area contributed by atoms with Crippen molar-refractivity contribution < 1.29 is 4.40 Å². The summed E-state index contributed by atoms with van der Waals surface area (Å²) in [5.74, 6) is 0. The van der Waals surface area contributed by atoms with Gasteiger partial charge >= 0.3 is 0 Å². The van der Waals surface area contributed by atoms with Gasteiger partial charge in [-0.2, -0.15) is 4.40 Å². The fraction of sp³-hybridized carbons (Fsp3) is 0. The number of fused-ring (bicyclic) bond motifs is 5. The van der Waals surface area contributed by atoms with Crippen molar-refractivity contribution in [3.05, 3.63) is 60.9 Å². The summed E-state index contributed by atoms with van der Waals surface area (Å²) in [7, 11) is 0. The molecule has 3 heterocycles. The van der Waals surface area contributed by atoms with E-state index in [-0.39, 0.29) is 0 Å². The molecule has 0 spiro atoms. The zero-order chi connectivity index (χ0) is 11.2. The maximum atomic E-state index is 3.46. The van der Waals surface area contributed by atoms with Crippen LogP contribution in [-0.4, -0.2) is 4.98 Å². The molecule has 0 aliphatic carbocycles. The summed E-state index contributed by atoms with van der Waals surface area (Å²) in [5, 5.41) is 2.58. The second kappa shape index (κ2) is 3.08. The van der Waals surface area contributed by atoms with Crippen LogP contribution in [0.15, 0.2) is 60.9 Å². The smallest absolute Gasteiger partial charge is 0.220 e. The highest BCUT2D eigenvalue weighted by Gasteiger charge is 2.11. The molecule has 2 nitrogen and oxygen atoms in total. The number of aromatic nitrogens is 2. The quantitative estimate of drug-likeness (QED) is 0.439. The highest BCUT2D eigenvalue weighted by atomic mass is 14.9. The van der Waals surface area contributed by atoms with Crippen LogP contribution in [-0.2, 0) is 0 Å². The molecule has 2 heteroatoms. The summed E-state index contributed by atoms with van der Waals surface area (Å²) in [5.41, 5.74) is 3.62. The van der Waals surface area contributed by atoms with E-state index in [1.54, 1.807) is 0 Å². The molecule has 0 aliphatic rings. The van der Waals surface area contributed by atoms with Crippen molar-refractivity contribution in [3.63, 3.8) is 0 Å². The van der Waals surface area contributed by atoms with E-state index in [0.717, 1.165) is 0 Å². The molecular weight excluding hydrogens is 208 g/mol. The molecule has 17 heavy (non-hydrogen) atoms. The minimum atomic E-state index is 1.19. The molecule has 0 radical (unpaired) electrons. The van der Waals surface area contributed by atoms with E-state index >= 15 is 0 Å². The van der Waals surface area contributed by atoms with E-state index < -0.39 is 0 Å². The number of pyridine rings is 2. The van der Waals surface area contributed by atoms with Gasteiger partial charge in [-0.05, 0) is 12.1 Å². The standard InChI is InChI=1S/C15H10N2/c1-2-6-12-11(5-1)15-13(16-12)8-10-17-9-4-3-7-14(15)17/h1-10H/p+1. The second-order valence-electron chi connectivity index (χ2n) is 4.27. The van der Waals surface area contributed by atoms with E-state index in [4.69, 9.17) is 0 Å². The lowest BCUT2D eigenvalue weighted by molar-refractivity contribution is -0.510. The Balaban J connectivity index is 2.38. The highest BCUT2D eigenvalue weighted by Crippen LogP contribution is 2.26. The molecule has 0 atom stereocenters. The molecule has 0 bridgehead atoms. The Bertz CT molecular complexity index is 837. The third-order valence-electron chi connectivity index (χ3n) is 3.28. The first kappa shape index (κ1) is 8.76. The number of para-hydroxylation sites is 1. The summed E-state index contributed by atoms with van der Waals surface area (Å²) in [6.45, 7) is 0. The predicted molar refractivity (Wildman–Crippen MR) is 69.0 cm³/mol. The Kier molecular flexibility index (Phi) is 1.59. The summed E-state index contributed by atoms with van der Waals surface area (Å²) >= 11 is 0. The van der Waals surface area contributed by atoms with E-state index in [1.165, 1.54) is 27.3 Å². The average molecular weight is 219 g/mol. The summed E-state index contributed by atoms with van der Waals surface area (Å²) in [6.07, 6.45) is 4.17. The van der Waals surface area contributed by atoms with Crippen molar-refractivity contribution in [2.45, 2.75) is 0 Å². The van der Waals surface area contributed by atoms with Crippen LogP contribution >= 0.6 is 0 Å². The number of benzene rings is 1. The predicted octanol–water partition coefficient (Wildman–Crippen LogP) is 3.06. The number of rotatable bonds is 0. The minimum absolute atomic E-state index is 1.19. The van der Waals surface area contributed by atoms with Gasteiger partial charge in [0.2, 0.25) is 5.52 Å². The van der Waals surface area contributed by atoms with Crippen LogP contribution in [0.25, 0.3) is 27.3 Å². The van der Waals surface area contributed by atoms with Crippen molar-refractivity contribution in [2.75, 3.05) is 0 Å². The normalized spacial score (nSPS) is 11.5. The number of nitrogens with zero attached hydrogens (tertiary/aromatic N) is 1. The molecular formula is C15H11N2+. The lowest BCUT2D eigenvalue weighted by Crippen LogP contribution is -2.19. The van der Waals surface area contributed by atoms with Crippen LogP contribution in [0.4, 0.5) is 0 Å². The van der Waals surface area contributed by atoms with Crippen LogP contribution in [0.5, 0.6) is 0 Å². The number of H-pyrrole nitrogens is 1. The van der Waals surface area contributed by atoms with Crippen molar-refractivity contribution in [3.8, 4) is 0 Å². The zero-order valence-electron chi connectivity index (χ0n) is 9.22. The fourth-order valence-corrected chi connectivity index (χ4v) is 2.52.